The summed E-state index contributed by atoms with van der Waals surface area (Å²) >= 11 is 0. The fourth-order valence-electron chi connectivity index (χ4n) is 1.75. The fraction of sp³-hybridized carbons (Fsp3) is 0.429. The molecule has 5 nitrogen and oxygen atoms in total. The zero-order valence-electron chi connectivity index (χ0n) is 10.7. The molecule has 1 heterocycles. The van der Waals surface area contributed by atoms with Crippen molar-refractivity contribution in [2.75, 3.05) is 26.4 Å². The minimum atomic E-state index is 0.0437. The Kier molecular flexibility index (Phi) is 5.37. The molecule has 0 bridgehead atoms. The summed E-state index contributed by atoms with van der Waals surface area (Å²) in [6.45, 7) is 2.47. The van der Waals surface area contributed by atoms with E-state index < -0.39 is 0 Å². The van der Waals surface area contributed by atoms with Crippen LogP contribution in [0.5, 0.6) is 0 Å². The van der Waals surface area contributed by atoms with Gasteiger partial charge in [-0.15, -0.1) is 0 Å². The smallest absolute Gasteiger partial charge is 0.293 e. The van der Waals surface area contributed by atoms with Crippen molar-refractivity contribution in [3.05, 3.63) is 35.9 Å². The van der Waals surface area contributed by atoms with E-state index in [1.54, 1.807) is 0 Å². The maximum Gasteiger partial charge on any atom is 0.293 e. The number of hydrogen-bond acceptors (Lipinski definition) is 5. The Balaban J connectivity index is 1.69. The Morgan fingerprint density at radius 1 is 1.32 bits per heavy atom. The van der Waals surface area contributed by atoms with E-state index in [-0.39, 0.29) is 6.04 Å². The van der Waals surface area contributed by atoms with Gasteiger partial charge in [-0.2, -0.15) is 0 Å². The highest BCUT2D eigenvalue weighted by Crippen LogP contribution is 2.12. The van der Waals surface area contributed by atoms with Gasteiger partial charge in [0.2, 0.25) is 5.90 Å². The van der Waals surface area contributed by atoms with Gasteiger partial charge in [-0.1, -0.05) is 18.2 Å². The van der Waals surface area contributed by atoms with Gasteiger partial charge in [0.1, 0.15) is 12.6 Å². The van der Waals surface area contributed by atoms with Gasteiger partial charge in [-0.05, 0) is 12.1 Å². The summed E-state index contributed by atoms with van der Waals surface area (Å²) in [5.41, 5.74) is 0.990. The van der Waals surface area contributed by atoms with Crippen LogP contribution in [0.15, 0.2) is 35.3 Å². The number of hydrogen-bond donors (Lipinski definition) is 0. The average Bonchev–Trinajstić information content (AvgIpc) is 2.92. The Bertz CT molecular complexity index is 419. The predicted molar refractivity (Wildman–Crippen MR) is 70.2 cm³/mol. The van der Waals surface area contributed by atoms with Crippen LogP contribution in [-0.2, 0) is 19.0 Å². The quantitative estimate of drug-likeness (QED) is 0.525. The van der Waals surface area contributed by atoms with Gasteiger partial charge in [0.25, 0.3) is 6.47 Å². The van der Waals surface area contributed by atoms with E-state index >= 15 is 0 Å². The topological polar surface area (TPSA) is 57.1 Å². The molecule has 0 radical (unpaired) electrons. The summed E-state index contributed by atoms with van der Waals surface area (Å²) in [5, 5.41) is 0. The molecule has 1 atom stereocenters. The van der Waals surface area contributed by atoms with E-state index in [4.69, 9.17) is 9.47 Å². The van der Waals surface area contributed by atoms with Crippen molar-refractivity contribution in [1.82, 2.24) is 0 Å². The van der Waals surface area contributed by atoms with Crippen LogP contribution < -0.4 is 0 Å². The van der Waals surface area contributed by atoms with Crippen LogP contribution in [0, 0.1) is 0 Å². The van der Waals surface area contributed by atoms with Crippen LogP contribution in [0.2, 0.25) is 0 Å². The highest BCUT2D eigenvalue weighted by atomic mass is 16.5. The first-order valence-corrected chi connectivity index (χ1v) is 6.29. The second kappa shape index (κ2) is 7.53. The molecule has 5 heteroatoms. The standard InChI is InChI=1S/C14H17NO4/c16-11-18-8-4-7-17-9-13-10-19-14(15-13)12-5-2-1-3-6-12/h1-3,5-6,11,13H,4,7-10H2/t13-/m1/s1. The maximum atomic E-state index is 9.92. The van der Waals surface area contributed by atoms with Gasteiger partial charge < -0.3 is 14.2 Å². The lowest BCUT2D eigenvalue weighted by atomic mass is 10.2. The molecule has 0 amide bonds. The van der Waals surface area contributed by atoms with E-state index in [2.05, 4.69) is 9.73 Å². The normalized spacial score (nSPS) is 17.7. The van der Waals surface area contributed by atoms with Crippen LogP contribution >= 0.6 is 0 Å². The van der Waals surface area contributed by atoms with Crippen molar-refractivity contribution < 1.29 is 19.0 Å². The van der Waals surface area contributed by atoms with Crippen molar-refractivity contribution in [3.8, 4) is 0 Å². The van der Waals surface area contributed by atoms with Crippen LogP contribution in [0.25, 0.3) is 0 Å². The second-order valence-corrected chi connectivity index (χ2v) is 4.16. The molecule has 2 rings (SSSR count). The lowest BCUT2D eigenvalue weighted by molar-refractivity contribution is -0.129. The number of rotatable bonds is 8. The maximum absolute atomic E-state index is 9.92. The molecule has 0 aliphatic carbocycles. The van der Waals surface area contributed by atoms with Gasteiger partial charge in [-0.25, -0.2) is 4.99 Å². The molecule has 19 heavy (non-hydrogen) atoms. The molecule has 0 N–H and O–H groups in total. The molecular weight excluding hydrogens is 246 g/mol. The largest absolute Gasteiger partial charge is 0.475 e. The summed E-state index contributed by atoms with van der Waals surface area (Å²) in [6.07, 6.45) is 0.696. The molecule has 102 valence electrons. The van der Waals surface area contributed by atoms with E-state index in [1.807, 2.05) is 30.3 Å². The molecule has 0 fully saturated rings. The molecule has 0 saturated heterocycles. The minimum Gasteiger partial charge on any atom is -0.475 e. The van der Waals surface area contributed by atoms with Crippen molar-refractivity contribution in [1.29, 1.82) is 0 Å². The van der Waals surface area contributed by atoms with E-state index in [0.29, 0.717) is 45.2 Å². The Morgan fingerprint density at radius 2 is 2.16 bits per heavy atom. The number of benzene rings is 1. The van der Waals surface area contributed by atoms with Crippen LogP contribution in [0.3, 0.4) is 0 Å². The Hall–Kier alpha value is -1.88. The summed E-state index contributed by atoms with van der Waals surface area (Å²) in [7, 11) is 0. The molecule has 1 aromatic carbocycles. The zero-order valence-corrected chi connectivity index (χ0v) is 10.7. The van der Waals surface area contributed by atoms with E-state index in [1.165, 1.54) is 0 Å². The third kappa shape index (κ3) is 4.37. The van der Waals surface area contributed by atoms with Crippen LogP contribution in [-0.4, -0.2) is 44.8 Å². The predicted octanol–water partition coefficient (Wildman–Crippen LogP) is 1.41. The fourth-order valence-corrected chi connectivity index (χ4v) is 1.75. The van der Waals surface area contributed by atoms with Crippen LogP contribution in [0.1, 0.15) is 12.0 Å². The van der Waals surface area contributed by atoms with Crippen molar-refractivity contribution in [2.24, 2.45) is 4.99 Å². The van der Waals surface area contributed by atoms with Gasteiger partial charge in [0, 0.05) is 18.6 Å². The van der Waals surface area contributed by atoms with Crippen LogP contribution in [0.4, 0.5) is 0 Å². The third-order valence-electron chi connectivity index (χ3n) is 2.66. The first-order valence-electron chi connectivity index (χ1n) is 6.29. The zero-order chi connectivity index (χ0) is 13.3. The van der Waals surface area contributed by atoms with Gasteiger partial charge in [0.05, 0.1) is 13.2 Å². The Morgan fingerprint density at radius 3 is 2.95 bits per heavy atom. The molecule has 0 spiro atoms. The molecule has 0 aromatic heterocycles. The molecule has 1 aliphatic heterocycles. The Labute approximate surface area is 112 Å². The minimum absolute atomic E-state index is 0.0437. The molecule has 1 aliphatic rings. The van der Waals surface area contributed by atoms with Gasteiger partial charge in [0.15, 0.2) is 0 Å². The molecule has 0 saturated carbocycles. The highest BCUT2D eigenvalue weighted by molar-refractivity contribution is 5.95. The molecule has 0 unspecified atom stereocenters. The summed E-state index contributed by atoms with van der Waals surface area (Å²) in [5.74, 6) is 0.679. The number of nitrogens with zero attached hydrogens (tertiary/aromatic N) is 1. The van der Waals surface area contributed by atoms with Gasteiger partial charge in [-0.3, -0.25) is 4.79 Å². The first-order chi connectivity index (χ1) is 9.40. The summed E-state index contributed by atoms with van der Waals surface area (Å²) in [4.78, 5) is 14.4. The van der Waals surface area contributed by atoms with E-state index in [0.717, 1.165) is 5.56 Å². The monoisotopic (exact) mass is 263 g/mol. The average molecular weight is 263 g/mol. The van der Waals surface area contributed by atoms with Crippen molar-refractivity contribution in [3.63, 3.8) is 0 Å². The summed E-state index contributed by atoms with van der Waals surface area (Å²) < 4.78 is 15.6. The number of ether oxygens (including phenoxy) is 3. The van der Waals surface area contributed by atoms with E-state index in [9.17, 15) is 4.79 Å². The highest BCUT2D eigenvalue weighted by Gasteiger charge is 2.19. The lowest BCUT2D eigenvalue weighted by Gasteiger charge is -2.06. The second-order valence-electron chi connectivity index (χ2n) is 4.16. The summed E-state index contributed by atoms with van der Waals surface area (Å²) in [6, 6.07) is 9.86. The number of carbonyl (C=O) groups excluding carboxylic acids is 1. The first kappa shape index (κ1) is 13.5. The van der Waals surface area contributed by atoms with Gasteiger partial charge >= 0.3 is 0 Å². The lowest BCUT2D eigenvalue weighted by Crippen LogP contribution is -2.15. The SMILES string of the molecule is O=COCCCOC[C@@H]1COC(c2ccccc2)=N1. The number of carbonyl (C=O) groups is 1. The number of aliphatic imine (C=N–C) groups is 1. The third-order valence-corrected chi connectivity index (χ3v) is 2.66. The van der Waals surface area contributed by atoms with Crippen molar-refractivity contribution >= 4 is 12.4 Å². The molecule has 1 aromatic rings. The molecular formula is C14H17NO4. The van der Waals surface area contributed by atoms with Crippen molar-refractivity contribution in [2.45, 2.75) is 12.5 Å².